The molecule has 256 valence electrons. The van der Waals surface area contributed by atoms with Crippen molar-refractivity contribution >= 4 is 76.2 Å². The predicted molar refractivity (Wildman–Crippen MR) is 232 cm³/mol. The molecule has 55 heavy (non-hydrogen) atoms. The van der Waals surface area contributed by atoms with Crippen molar-refractivity contribution in [1.82, 2.24) is 13.7 Å². The minimum absolute atomic E-state index is 1.16. The maximum absolute atomic E-state index is 2.43. The van der Waals surface area contributed by atoms with E-state index in [1.807, 2.05) is 0 Å². The largest absolute Gasteiger partial charge is 0.309 e. The highest BCUT2D eigenvalue weighted by Crippen LogP contribution is 2.40. The van der Waals surface area contributed by atoms with Gasteiger partial charge in [0.25, 0.3) is 0 Å². The van der Waals surface area contributed by atoms with E-state index in [1.165, 1.54) is 98.7 Å². The van der Waals surface area contributed by atoms with E-state index in [0.717, 1.165) is 5.69 Å². The van der Waals surface area contributed by atoms with Crippen LogP contribution in [0.4, 0.5) is 0 Å². The highest BCUT2D eigenvalue weighted by atomic mass is 15.0. The third-order valence-electron chi connectivity index (χ3n) is 11.6. The van der Waals surface area contributed by atoms with E-state index >= 15 is 0 Å². The fraction of sp³-hybridized carbons (Fsp3) is 0. The second-order valence-electron chi connectivity index (χ2n) is 14.6. The Morgan fingerprint density at radius 2 is 0.618 bits per heavy atom. The molecule has 0 aliphatic heterocycles. The molecule has 0 fully saturated rings. The van der Waals surface area contributed by atoms with Crippen LogP contribution in [0.5, 0.6) is 0 Å². The molecule has 0 bridgehead atoms. The molecule has 0 radical (unpaired) electrons. The summed E-state index contributed by atoms with van der Waals surface area (Å²) in [7, 11) is 0. The third-order valence-corrected chi connectivity index (χ3v) is 11.6. The van der Waals surface area contributed by atoms with Crippen LogP contribution in [-0.4, -0.2) is 13.7 Å². The average Bonchev–Trinajstić information content (AvgIpc) is 3.89. The summed E-state index contributed by atoms with van der Waals surface area (Å²) in [5.74, 6) is 0. The SMILES string of the molecule is c1ccc(-n2c3ccccc3c3cc(-n4c5ccccc5c5cc(-c6ccc7c(c6)c6ccccc6n7-c6ccc7ccccc7c6)ccc54)ccc32)cc1. The number of hydrogen-bond donors (Lipinski definition) is 0. The van der Waals surface area contributed by atoms with E-state index in [-0.39, 0.29) is 0 Å². The van der Waals surface area contributed by atoms with Gasteiger partial charge in [0.05, 0.1) is 33.1 Å². The first-order valence-electron chi connectivity index (χ1n) is 18.9. The van der Waals surface area contributed by atoms with Crippen LogP contribution in [0.15, 0.2) is 200 Å². The van der Waals surface area contributed by atoms with E-state index in [0.29, 0.717) is 0 Å². The standard InChI is InChI=1S/C52H33N3/c1-2-14-38(15-3-1)53-47-19-9-8-18-43(47)46-33-40(26-29-52(46)53)55-49-21-11-7-17-42(49)45-32-37(24-28-51(45)55)36-23-27-50-44(31-36)41-16-6-10-20-48(41)54(50)39-25-22-34-12-4-5-13-35(34)30-39/h1-33H. The number of benzene rings is 9. The summed E-state index contributed by atoms with van der Waals surface area (Å²) in [6.45, 7) is 0. The Morgan fingerprint density at radius 1 is 0.218 bits per heavy atom. The number of para-hydroxylation sites is 4. The quantitative estimate of drug-likeness (QED) is 0.174. The van der Waals surface area contributed by atoms with Crippen molar-refractivity contribution in [1.29, 1.82) is 0 Å². The van der Waals surface area contributed by atoms with Gasteiger partial charge in [0.15, 0.2) is 0 Å². The van der Waals surface area contributed by atoms with Crippen LogP contribution in [0.2, 0.25) is 0 Å². The van der Waals surface area contributed by atoms with Gasteiger partial charge in [0.1, 0.15) is 0 Å². The molecule has 3 aromatic heterocycles. The summed E-state index contributed by atoms with van der Waals surface area (Å²) >= 11 is 0. The molecule has 0 atom stereocenters. The second kappa shape index (κ2) is 11.6. The van der Waals surface area contributed by atoms with E-state index in [9.17, 15) is 0 Å². The zero-order valence-corrected chi connectivity index (χ0v) is 29.9. The molecule has 9 aromatic carbocycles. The molecule has 12 aromatic rings. The van der Waals surface area contributed by atoms with Gasteiger partial charge in [0, 0.05) is 49.4 Å². The number of aromatic nitrogens is 3. The fourth-order valence-electron chi connectivity index (χ4n) is 9.13. The Morgan fingerprint density at radius 3 is 1.20 bits per heavy atom. The first-order chi connectivity index (χ1) is 27.3. The number of hydrogen-bond acceptors (Lipinski definition) is 0. The van der Waals surface area contributed by atoms with E-state index in [1.54, 1.807) is 0 Å². The van der Waals surface area contributed by atoms with Crippen LogP contribution in [0.1, 0.15) is 0 Å². The Bertz CT molecular complexity index is 3490. The van der Waals surface area contributed by atoms with E-state index in [2.05, 4.69) is 214 Å². The summed E-state index contributed by atoms with van der Waals surface area (Å²) < 4.78 is 7.22. The average molecular weight is 700 g/mol. The number of fused-ring (bicyclic) bond motifs is 10. The fourth-order valence-corrected chi connectivity index (χ4v) is 9.13. The molecular formula is C52H33N3. The van der Waals surface area contributed by atoms with Gasteiger partial charge < -0.3 is 13.7 Å². The Balaban J connectivity index is 1.03. The second-order valence-corrected chi connectivity index (χ2v) is 14.6. The van der Waals surface area contributed by atoms with E-state index in [4.69, 9.17) is 0 Å². The van der Waals surface area contributed by atoms with Crippen molar-refractivity contribution in [3.63, 3.8) is 0 Å². The topological polar surface area (TPSA) is 14.8 Å². The van der Waals surface area contributed by atoms with Crippen LogP contribution in [0.25, 0.3) is 104 Å². The molecule has 0 aliphatic carbocycles. The monoisotopic (exact) mass is 699 g/mol. The molecule has 0 N–H and O–H groups in total. The maximum atomic E-state index is 2.43. The number of nitrogens with zero attached hydrogens (tertiary/aromatic N) is 3. The Kier molecular flexibility index (Phi) is 6.34. The van der Waals surface area contributed by atoms with E-state index < -0.39 is 0 Å². The van der Waals surface area contributed by atoms with Crippen molar-refractivity contribution < 1.29 is 0 Å². The van der Waals surface area contributed by atoms with Crippen molar-refractivity contribution in [3.05, 3.63) is 200 Å². The van der Waals surface area contributed by atoms with Gasteiger partial charge in [-0.2, -0.15) is 0 Å². The lowest BCUT2D eigenvalue weighted by atomic mass is 10.0. The van der Waals surface area contributed by atoms with Crippen LogP contribution >= 0.6 is 0 Å². The Labute approximate surface area is 317 Å². The molecule has 3 nitrogen and oxygen atoms in total. The smallest absolute Gasteiger partial charge is 0.0542 e. The lowest BCUT2D eigenvalue weighted by molar-refractivity contribution is 1.17. The summed E-state index contributed by atoms with van der Waals surface area (Å²) in [6, 6.07) is 73.3. The predicted octanol–water partition coefficient (Wildman–Crippen LogP) is 13.8. The van der Waals surface area contributed by atoms with Crippen LogP contribution < -0.4 is 0 Å². The minimum atomic E-state index is 1.16. The highest BCUT2D eigenvalue weighted by Gasteiger charge is 2.18. The first kappa shape index (κ1) is 30.1. The summed E-state index contributed by atoms with van der Waals surface area (Å²) in [5, 5.41) is 10.0. The minimum Gasteiger partial charge on any atom is -0.309 e. The zero-order valence-electron chi connectivity index (χ0n) is 29.9. The molecule has 0 spiro atoms. The molecule has 3 heteroatoms. The zero-order chi connectivity index (χ0) is 36.0. The Hall–Kier alpha value is -7.36. The molecule has 3 heterocycles. The molecule has 0 saturated heterocycles. The van der Waals surface area contributed by atoms with Crippen molar-refractivity contribution in [2.45, 2.75) is 0 Å². The first-order valence-corrected chi connectivity index (χ1v) is 18.9. The normalized spacial score (nSPS) is 12.0. The highest BCUT2D eigenvalue weighted by molar-refractivity contribution is 6.14. The van der Waals surface area contributed by atoms with Gasteiger partial charge in [-0.25, -0.2) is 0 Å². The third kappa shape index (κ3) is 4.44. The van der Waals surface area contributed by atoms with Gasteiger partial charge >= 0.3 is 0 Å². The van der Waals surface area contributed by atoms with Crippen LogP contribution in [-0.2, 0) is 0 Å². The van der Waals surface area contributed by atoms with Gasteiger partial charge in [-0.3, -0.25) is 0 Å². The summed E-state index contributed by atoms with van der Waals surface area (Å²) in [6.07, 6.45) is 0. The molecule has 0 saturated carbocycles. The van der Waals surface area contributed by atoms with Crippen molar-refractivity contribution in [3.8, 4) is 28.2 Å². The van der Waals surface area contributed by atoms with Crippen molar-refractivity contribution in [2.24, 2.45) is 0 Å². The van der Waals surface area contributed by atoms with Crippen LogP contribution in [0, 0.1) is 0 Å². The van der Waals surface area contributed by atoms with Gasteiger partial charge in [-0.1, -0.05) is 115 Å². The lowest BCUT2D eigenvalue weighted by Crippen LogP contribution is -1.95. The lowest BCUT2D eigenvalue weighted by Gasteiger charge is -2.11. The maximum Gasteiger partial charge on any atom is 0.0542 e. The van der Waals surface area contributed by atoms with Crippen molar-refractivity contribution in [2.75, 3.05) is 0 Å². The summed E-state index contributed by atoms with van der Waals surface area (Å²) in [5.41, 5.74) is 13.2. The van der Waals surface area contributed by atoms with Crippen LogP contribution in [0.3, 0.4) is 0 Å². The number of rotatable bonds is 4. The summed E-state index contributed by atoms with van der Waals surface area (Å²) in [4.78, 5) is 0. The van der Waals surface area contributed by atoms with Gasteiger partial charge in [0.2, 0.25) is 0 Å². The molecule has 0 amide bonds. The molecule has 0 aliphatic rings. The van der Waals surface area contributed by atoms with Gasteiger partial charge in [-0.15, -0.1) is 0 Å². The molecule has 12 rings (SSSR count). The van der Waals surface area contributed by atoms with Gasteiger partial charge in [-0.05, 0) is 107 Å². The molecule has 0 unspecified atom stereocenters. The molecular weight excluding hydrogens is 667 g/mol.